The van der Waals surface area contributed by atoms with Crippen molar-refractivity contribution in [1.29, 1.82) is 0 Å². The third-order valence-corrected chi connectivity index (χ3v) is 6.24. The molecule has 10 heteroatoms. The maximum Gasteiger partial charge on any atom is 0.252 e. The van der Waals surface area contributed by atoms with E-state index in [1.165, 1.54) is 18.2 Å². The second-order valence-corrected chi connectivity index (χ2v) is 8.51. The molecule has 1 heterocycles. The van der Waals surface area contributed by atoms with Gasteiger partial charge in [0, 0.05) is 6.42 Å². The zero-order chi connectivity index (χ0) is 21.0. The van der Waals surface area contributed by atoms with Crippen molar-refractivity contribution in [2.75, 3.05) is 30.3 Å². The number of anilines is 1. The highest BCUT2D eigenvalue weighted by Crippen LogP contribution is 2.29. The smallest absolute Gasteiger partial charge is 0.252 e. The molecule has 1 fully saturated rings. The lowest BCUT2D eigenvalue weighted by atomic mass is 10.2. The molecule has 1 aliphatic rings. The highest BCUT2D eigenvalue weighted by atomic mass is 35.5. The van der Waals surface area contributed by atoms with Crippen molar-refractivity contribution in [3.05, 3.63) is 53.1 Å². The summed E-state index contributed by atoms with van der Waals surface area (Å²) in [7, 11) is -2.15. The van der Waals surface area contributed by atoms with Crippen LogP contribution in [0.15, 0.2) is 42.5 Å². The summed E-state index contributed by atoms with van der Waals surface area (Å²) in [5.41, 5.74) is 0.167. The molecule has 0 bridgehead atoms. The first-order valence-electron chi connectivity index (χ1n) is 8.72. The summed E-state index contributed by atoms with van der Waals surface area (Å²) in [5, 5.41) is 2.80. The Bertz CT molecular complexity index is 1020. The molecule has 8 nitrogen and oxygen atoms in total. The largest absolute Gasteiger partial charge is 0.497 e. The maximum atomic E-state index is 12.4. The summed E-state index contributed by atoms with van der Waals surface area (Å²) < 4.78 is 35.5. The van der Waals surface area contributed by atoms with E-state index in [9.17, 15) is 18.0 Å². The second kappa shape index (κ2) is 8.71. The molecular formula is C19H19ClN2O6S. The van der Waals surface area contributed by atoms with Crippen molar-refractivity contribution in [1.82, 2.24) is 5.32 Å². The predicted molar refractivity (Wildman–Crippen MR) is 108 cm³/mol. The Morgan fingerprint density at radius 1 is 1.17 bits per heavy atom. The molecule has 0 radical (unpaired) electrons. The topological polar surface area (TPSA) is 102 Å². The van der Waals surface area contributed by atoms with Gasteiger partial charge in [-0.1, -0.05) is 11.6 Å². The lowest BCUT2D eigenvalue weighted by Gasteiger charge is -2.16. The summed E-state index contributed by atoms with van der Waals surface area (Å²) in [6.45, 7) is 0.417. The molecule has 2 aromatic carbocycles. The Hall–Kier alpha value is -2.78. The van der Waals surface area contributed by atoms with Crippen molar-refractivity contribution in [3.63, 3.8) is 0 Å². The van der Waals surface area contributed by atoms with Crippen LogP contribution in [0.25, 0.3) is 0 Å². The normalized spacial score (nSPS) is 15.2. The lowest BCUT2D eigenvalue weighted by molar-refractivity contribution is -0.116. The van der Waals surface area contributed by atoms with Gasteiger partial charge in [0.05, 0.1) is 35.7 Å². The number of hydrogen-bond donors (Lipinski definition) is 1. The fourth-order valence-corrected chi connectivity index (χ4v) is 4.44. The number of ether oxygens (including phenoxy) is 2. The monoisotopic (exact) mass is 438 g/mol. The van der Waals surface area contributed by atoms with Gasteiger partial charge in [-0.25, -0.2) is 12.7 Å². The number of amides is 2. The van der Waals surface area contributed by atoms with Crippen molar-refractivity contribution in [2.24, 2.45) is 0 Å². The molecule has 2 amide bonds. The van der Waals surface area contributed by atoms with Crippen molar-refractivity contribution < 1.29 is 27.5 Å². The van der Waals surface area contributed by atoms with Crippen molar-refractivity contribution in [3.8, 4) is 11.5 Å². The van der Waals surface area contributed by atoms with Gasteiger partial charge < -0.3 is 14.8 Å². The van der Waals surface area contributed by atoms with E-state index in [4.69, 9.17) is 21.1 Å². The Balaban J connectivity index is 1.62. The molecule has 1 aliphatic heterocycles. The molecule has 29 heavy (non-hydrogen) atoms. The van der Waals surface area contributed by atoms with Crippen LogP contribution in [-0.2, 0) is 14.8 Å². The van der Waals surface area contributed by atoms with Gasteiger partial charge in [0.15, 0.2) is 0 Å². The van der Waals surface area contributed by atoms with Gasteiger partial charge in [0.1, 0.15) is 18.1 Å². The number of sulfonamides is 1. The number of methoxy groups -OCH3 is 1. The minimum Gasteiger partial charge on any atom is -0.497 e. The molecule has 2 aromatic rings. The van der Waals surface area contributed by atoms with E-state index in [-0.39, 0.29) is 41.6 Å². The number of rotatable bonds is 7. The van der Waals surface area contributed by atoms with Gasteiger partial charge in [-0.15, -0.1) is 0 Å². The van der Waals surface area contributed by atoms with Gasteiger partial charge in [-0.05, 0) is 42.5 Å². The van der Waals surface area contributed by atoms with Gasteiger partial charge in [0.25, 0.3) is 5.91 Å². The zero-order valence-corrected chi connectivity index (χ0v) is 17.1. The fourth-order valence-electron chi connectivity index (χ4n) is 2.78. The lowest BCUT2D eigenvalue weighted by Crippen LogP contribution is -2.31. The molecule has 1 N–H and O–H groups in total. The number of hydrogen-bond acceptors (Lipinski definition) is 6. The highest BCUT2D eigenvalue weighted by molar-refractivity contribution is 7.94. The first kappa shape index (κ1) is 20.9. The summed E-state index contributed by atoms with van der Waals surface area (Å²) in [5.74, 6) is 0.0425. The zero-order valence-electron chi connectivity index (χ0n) is 15.6. The minimum absolute atomic E-state index is 0.0727. The van der Waals surface area contributed by atoms with Crippen LogP contribution in [0.2, 0.25) is 5.02 Å². The number of benzene rings is 2. The summed E-state index contributed by atoms with van der Waals surface area (Å²) >= 11 is 6.09. The standard InChI is InChI=1S/C19H19ClN2O6S/c1-27-14-3-5-15(6-4-14)28-10-9-21-19(24)16-12-13(2-7-17(16)20)22-18(23)8-11-29(22,25)26/h2-7,12H,8-11H2,1H3,(H,21,24). The average molecular weight is 439 g/mol. The van der Waals surface area contributed by atoms with Crippen LogP contribution in [0, 0.1) is 0 Å². The fraction of sp³-hybridized carbons (Fsp3) is 0.263. The molecule has 154 valence electrons. The van der Waals surface area contributed by atoms with E-state index in [0.29, 0.717) is 15.8 Å². The average Bonchev–Trinajstić information content (AvgIpc) is 2.98. The molecule has 0 spiro atoms. The first-order valence-corrected chi connectivity index (χ1v) is 10.7. The Morgan fingerprint density at radius 3 is 2.48 bits per heavy atom. The van der Waals surface area contributed by atoms with Gasteiger partial charge in [0.2, 0.25) is 15.9 Å². The Morgan fingerprint density at radius 2 is 1.86 bits per heavy atom. The van der Waals surface area contributed by atoms with E-state index >= 15 is 0 Å². The third kappa shape index (κ3) is 4.80. The number of nitrogens with one attached hydrogen (secondary N) is 1. The predicted octanol–water partition coefficient (Wildman–Crippen LogP) is 2.22. The van der Waals surface area contributed by atoms with Gasteiger partial charge in [-0.2, -0.15) is 0 Å². The SMILES string of the molecule is COc1ccc(OCCNC(=O)c2cc(N3C(=O)CCS3(=O)=O)ccc2Cl)cc1. The van der Waals surface area contributed by atoms with E-state index in [2.05, 4.69) is 5.32 Å². The van der Waals surface area contributed by atoms with E-state index in [1.807, 2.05) is 0 Å². The van der Waals surface area contributed by atoms with Crippen LogP contribution in [-0.4, -0.2) is 46.2 Å². The van der Waals surface area contributed by atoms with Crippen LogP contribution in [0.3, 0.4) is 0 Å². The number of carbonyl (C=O) groups is 2. The van der Waals surface area contributed by atoms with Crippen molar-refractivity contribution in [2.45, 2.75) is 6.42 Å². The minimum atomic E-state index is -3.72. The second-order valence-electron chi connectivity index (χ2n) is 6.17. The van der Waals surface area contributed by atoms with E-state index in [0.717, 1.165) is 0 Å². The van der Waals surface area contributed by atoms with Gasteiger partial charge >= 0.3 is 0 Å². The van der Waals surface area contributed by atoms with Crippen LogP contribution >= 0.6 is 11.6 Å². The number of halogens is 1. The van der Waals surface area contributed by atoms with Crippen LogP contribution in [0.1, 0.15) is 16.8 Å². The molecule has 1 saturated heterocycles. The summed E-state index contributed by atoms with van der Waals surface area (Å²) in [6.07, 6.45) is -0.0881. The molecule has 3 rings (SSSR count). The maximum absolute atomic E-state index is 12.4. The van der Waals surface area contributed by atoms with Crippen LogP contribution in [0.5, 0.6) is 11.5 Å². The molecule has 0 atom stereocenters. The van der Waals surface area contributed by atoms with Crippen LogP contribution < -0.4 is 19.1 Å². The number of carbonyl (C=O) groups excluding carboxylic acids is 2. The van der Waals surface area contributed by atoms with Crippen molar-refractivity contribution >= 4 is 39.1 Å². The summed E-state index contributed by atoms with van der Waals surface area (Å²) in [6, 6.07) is 11.1. The number of nitrogens with zero attached hydrogens (tertiary/aromatic N) is 1. The Labute approximate surface area is 173 Å². The summed E-state index contributed by atoms with van der Waals surface area (Å²) in [4.78, 5) is 24.4. The van der Waals surface area contributed by atoms with Gasteiger partial charge in [-0.3, -0.25) is 9.59 Å². The van der Waals surface area contributed by atoms with E-state index in [1.54, 1.807) is 31.4 Å². The molecule has 0 aromatic heterocycles. The van der Waals surface area contributed by atoms with Crippen LogP contribution in [0.4, 0.5) is 5.69 Å². The molecule has 0 unspecified atom stereocenters. The quantitative estimate of drug-likeness (QED) is 0.665. The Kier molecular flexibility index (Phi) is 6.29. The van der Waals surface area contributed by atoms with E-state index < -0.39 is 21.8 Å². The molecule has 0 saturated carbocycles. The molecule has 0 aliphatic carbocycles. The first-order chi connectivity index (χ1) is 13.8. The molecular weight excluding hydrogens is 420 g/mol. The highest BCUT2D eigenvalue weighted by Gasteiger charge is 2.36. The third-order valence-electron chi connectivity index (χ3n) is 4.22.